The molecule has 2 N–H and O–H groups in total. The first-order valence-corrected chi connectivity index (χ1v) is 8.99. The van der Waals surface area contributed by atoms with Gasteiger partial charge in [-0.1, -0.05) is 12.1 Å². The van der Waals surface area contributed by atoms with Crippen LogP contribution in [-0.4, -0.2) is 37.2 Å². The number of hydrogen-bond acceptors (Lipinski definition) is 3. The van der Waals surface area contributed by atoms with E-state index in [2.05, 4.69) is 10.6 Å². The first kappa shape index (κ1) is 19.9. The minimum Gasteiger partial charge on any atom is -0.497 e. The Kier molecular flexibility index (Phi) is 5.96. The highest BCUT2D eigenvalue weighted by molar-refractivity contribution is 5.90. The summed E-state index contributed by atoms with van der Waals surface area (Å²) in [6.45, 7) is 0.910. The van der Waals surface area contributed by atoms with Gasteiger partial charge < -0.3 is 20.3 Å². The van der Waals surface area contributed by atoms with Gasteiger partial charge in [0.15, 0.2) is 0 Å². The minimum absolute atomic E-state index is 0.0192. The standard InChI is InChI=1S/C20H22F3N3O2/c1-28-16-10-8-14(9-11-16)24-15-5-4-12-26(13-15)19(27)25-18-7-3-2-6-17(18)20(21,22)23/h2-3,6-11,15,24H,4-5,12-13H2,1H3,(H,25,27). The average molecular weight is 393 g/mol. The van der Waals surface area contributed by atoms with Crippen LogP contribution in [0.5, 0.6) is 5.75 Å². The fraction of sp³-hybridized carbons (Fsp3) is 0.350. The first-order chi connectivity index (χ1) is 13.4. The van der Waals surface area contributed by atoms with Gasteiger partial charge in [-0.3, -0.25) is 0 Å². The summed E-state index contributed by atoms with van der Waals surface area (Å²) < 4.78 is 44.5. The van der Waals surface area contributed by atoms with Crippen molar-refractivity contribution in [1.82, 2.24) is 4.90 Å². The highest BCUT2D eigenvalue weighted by Crippen LogP contribution is 2.34. The van der Waals surface area contributed by atoms with Crippen LogP contribution in [0.25, 0.3) is 0 Å². The van der Waals surface area contributed by atoms with Crippen molar-refractivity contribution < 1.29 is 22.7 Å². The van der Waals surface area contributed by atoms with Crippen LogP contribution in [0.3, 0.4) is 0 Å². The van der Waals surface area contributed by atoms with Gasteiger partial charge in [-0.15, -0.1) is 0 Å². The molecule has 0 aliphatic carbocycles. The Morgan fingerprint density at radius 1 is 1.14 bits per heavy atom. The van der Waals surface area contributed by atoms with E-state index in [1.807, 2.05) is 24.3 Å². The molecular weight excluding hydrogens is 371 g/mol. The van der Waals surface area contributed by atoms with Crippen molar-refractivity contribution in [3.63, 3.8) is 0 Å². The number of methoxy groups -OCH3 is 1. The lowest BCUT2D eigenvalue weighted by Crippen LogP contribution is -2.47. The molecule has 1 unspecified atom stereocenters. The lowest BCUT2D eigenvalue weighted by atomic mass is 10.1. The second-order valence-electron chi connectivity index (χ2n) is 6.63. The minimum atomic E-state index is -4.52. The number of piperidine rings is 1. The van der Waals surface area contributed by atoms with Gasteiger partial charge in [0.05, 0.1) is 18.4 Å². The van der Waals surface area contributed by atoms with Crippen LogP contribution >= 0.6 is 0 Å². The molecule has 0 spiro atoms. The van der Waals surface area contributed by atoms with Gasteiger partial charge in [-0.25, -0.2) is 4.79 Å². The maximum Gasteiger partial charge on any atom is 0.418 e. The molecule has 1 aliphatic heterocycles. The van der Waals surface area contributed by atoms with E-state index in [-0.39, 0.29) is 11.7 Å². The summed E-state index contributed by atoms with van der Waals surface area (Å²) in [4.78, 5) is 14.1. The molecule has 0 saturated carbocycles. The molecule has 1 saturated heterocycles. The fourth-order valence-electron chi connectivity index (χ4n) is 3.24. The molecule has 1 atom stereocenters. The van der Waals surface area contributed by atoms with Crippen LogP contribution in [0.15, 0.2) is 48.5 Å². The molecule has 0 radical (unpaired) electrons. The van der Waals surface area contributed by atoms with Crippen molar-refractivity contribution >= 4 is 17.4 Å². The fourth-order valence-corrected chi connectivity index (χ4v) is 3.24. The Labute approximate surface area is 161 Å². The Hall–Kier alpha value is -2.90. The number of anilines is 2. The van der Waals surface area contributed by atoms with Crippen molar-refractivity contribution in [2.24, 2.45) is 0 Å². The van der Waals surface area contributed by atoms with Crippen molar-refractivity contribution in [2.45, 2.75) is 25.1 Å². The Morgan fingerprint density at radius 3 is 2.54 bits per heavy atom. The van der Waals surface area contributed by atoms with Gasteiger partial charge in [0.1, 0.15) is 5.75 Å². The third-order valence-electron chi connectivity index (χ3n) is 4.64. The van der Waals surface area contributed by atoms with E-state index in [1.165, 1.54) is 23.1 Å². The summed E-state index contributed by atoms with van der Waals surface area (Å²) in [5, 5.41) is 5.77. The molecule has 2 aromatic carbocycles. The summed E-state index contributed by atoms with van der Waals surface area (Å²) in [5.74, 6) is 0.749. The number of halogens is 3. The topological polar surface area (TPSA) is 53.6 Å². The molecule has 3 rings (SSSR count). The number of amides is 2. The summed E-state index contributed by atoms with van der Waals surface area (Å²) in [6.07, 6.45) is -2.89. The number of para-hydroxylation sites is 1. The lowest BCUT2D eigenvalue weighted by molar-refractivity contribution is -0.136. The number of nitrogens with zero attached hydrogens (tertiary/aromatic N) is 1. The van der Waals surface area contributed by atoms with Crippen molar-refractivity contribution in [2.75, 3.05) is 30.8 Å². The zero-order valence-corrected chi connectivity index (χ0v) is 15.4. The predicted molar refractivity (Wildman–Crippen MR) is 102 cm³/mol. The van der Waals surface area contributed by atoms with E-state index < -0.39 is 17.8 Å². The average Bonchev–Trinajstić information content (AvgIpc) is 2.68. The van der Waals surface area contributed by atoms with Gasteiger partial charge in [-0.05, 0) is 49.2 Å². The second kappa shape index (κ2) is 8.41. The van der Waals surface area contributed by atoms with E-state index in [0.717, 1.165) is 30.3 Å². The number of hydrogen-bond donors (Lipinski definition) is 2. The number of urea groups is 1. The van der Waals surface area contributed by atoms with Crippen LogP contribution in [-0.2, 0) is 6.18 Å². The molecule has 8 heteroatoms. The van der Waals surface area contributed by atoms with Crippen LogP contribution in [0, 0.1) is 0 Å². The largest absolute Gasteiger partial charge is 0.497 e. The number of carbonyl (C=O) groups is 1. The third kappa shape index (κ3) is 4.88. The maximum atomic E-state index is 13.1. The van der Waals surface area contributed by atoms with Gasteiger partial charge in [-0.2, -0.15) is 13.2 Å². The number of nitrogens with one attached hydrogen (secondary N) is 2. The summed E-state index contributed by atoms with van der Waals surface area (Å²) >= 11 is 0. The molecule has 1 heterocycles. The smallest absolute Gasteiger partial charge is 0.418 e. The molecular formula is C20H22F3N3O2. The monoisotopic (exact) mass is 393 g/mol. The van der Waals surface area contributed by atoms with Gasteiger partial charge in [0.2, 0.25) is 0 Å². The van der Waals surface area contributed by atoms with Gasteiger partial charge >= 0.3 is 12.2 Å². The number of alkyl halides is 3. The predicted octanol–water partition coefficient (Wildman–Crippen LogP) is 4.82. The molecule has 28 heavy (non-hydrogen) atoms. The zero-order valence-electron chi connectivity index (χ0n) is 15.4. The van der Waals surface area contributed by atoms with E-state index in [0.29, 0.717) is 13.1 Å². The van der Waals surface area contributed by atoms with Crippen LogP contribution in [0.4, 0.5) is 29.3 Å². The molecule has 150 valence electrons. The number of carbonyl (C=O) groups excluding carboxylic acids is 1. The summed E-state index contributed by atoms with van der Waals surface area (Å²) in [5.41, 5.74) is -0.186. The molecule has 0 bridgehead atoms. The molecule has 2 amide bonds. The Balaban J connectivity index is 1.63. The third-order valence-corrected chi connectivity index (χ3v) is 4.64. The molecule has 1 fully saturated rings. The van der Waals surface area contributed by atoms with Crippen molar-refractivity contribution in [1.29, 1.82) is 0 Å². The van der Waals surface area contributed by atoms with Gasteiger partial charge in [0, 0.05) is 24.8 Å². The van der Waals surface area contributed by atoms with Crippen LogP contribution in [0.2, 0.25) is 0 Å². The highest BCUT2D eigenvalue weighted by Gasteiger charge is 2.34. The van der Waals surface area contributed by atoms with Crippen molar-refractivity contribution in [3.05, 3.63) is 54.1 Å². The number of likely N-dealkylation sites (tertiary alicyclic amines) is 1. The van der Waals surface area contributed by atoms with E-state index in [1.54, 1.807) is 7.11 Å². The van der Waals surface area contributed by atoms with Crippen molar-refractivity contribution in [3.8, 4) is 5.75 Å². The zero-order chi connectivity index (χ0) is 20.1. The molecule has 5 nitrogen and oxygen atoms in total. The molecule has 2 aromatic rings. The molecule has 0 aromatic heterocycles. The van der Waals surface area contributed by atoms with Crippen LogP contribution in [0.1, 0.15) is 18.4 Å². The molecule has 1 aliphatic rings. The summed E-state index contributed by atoms with van der Waals surface area (Å²) in [7, 11) is 1.59. The number of ether oxygens (including phenoxy) is 1. The van der Waals surface area contributed by atoms with Gasteiger partial charge in [0.25, 0.3) is 0 Å². The van der Waals surface area contributed by atoms with Crippen LogP contribution < -0.4 is 15.4 Å². The first-order valence-electron chi connectivity index (χ1n) is 8.99. The summed E-state index contributed by atoms with van der Waals surface area (Å²) in [6, 6.07) is 11.9. The normalized spacial score (nSPS) is 17.1. The Bertz CT molecular complexity index is 809. The number of rotatable bonds is 4. The van der Waals surface area contributed by atoms with E-state index in [4.69, 9.17) is 4.74 Å². The lowest BCUT2D eigenvalue weighted by Gasteiger charge is -2.34. The second-order valence-corrected chi connectivity index (χ2v) is 6.63. The SMILES string of the molecule is COc1ccc(NC2CCCN(C(=O)Nc3ccccc3C(F)(F)F)C2)cc1. The quantitative estimate of drug-likeness (QED) is 0.783. The maximum absolute atomic E-state index is 13.1. The van der Waals surface area contributed by atoms with E-state index >= 15 is 0 Å². The Morgan fingerprint density at radius 2 is 1.86 bits per heavy atom. The highest BCUT2D eigenvalue weighted by atomic mass is 19.4. The van der Waals surface area contributed by atoms with E-state index in [9.17, 15) is 18.0 Å². The number of benzene rings is 2.